The summed E-state index contributed by atoms with van der Waals surface area (Å²) < 4.78 is 24.3. The SMILES string of the molecule is CCOC(=O)C1=C(c2ccccc2)N=c2s/c(=C\c3ccc(-c4cccc([N+](=O)[O-])c4)o3)c(=O)n2C1c1ccc(OC)c(OC)c1. The Kier molecular flexibility index (Phi) is 8.36. The van der Waals surface area contributed by atoms with Crippen LogP contribution in [0, 0.1) is 10.1 Å². The van der Waals surface area contributed by atoms with Crippen molar-refractivity contribution in [3.05, 3.63) is 137 Å². The van der Waals surface area contributed by atoms with Gasteiger partial charge in [-0.05, 0) is 36.8 Å². The predicted octanol–water partition coefficient (Wildman–Crippen LogP) is 5.12. The van der Waals surface area contributed by atoms with Crippen LogP contribution in [-0.2, 0) is 9.53 Å². The van der Waals surface area contributed by atoms with Gasteiger partial charge in [0.05, 0.1) is 47.6 Å². The molecule has 1 aliphatic heterocycles. The van der Waals surface area contributed by atoms with E-state index in [9.17, 15) is 19.7 Å². The number of nitro benzene ring substituents is 1. The quantitative estimate of drug-likeness (QED) is 0.123. The summed E-state index contributed by atoms with van der Waals surface area (Å²) in [5.41, 5.74) is 1.92. The Morgan fingerprint density at radius 3 is 2.48 bits per heavy atom. The van der Waals surface area contributed by atoms with Crippen LogP contribution in [0.1, 0.15) is 29.9 Å². The maximum absolute atomic E-state index is 14.2. The number of fused-ring (bicyclic) bond motifs is 1. The molecule has 0 radical (unpaired) electrons. The molecular formula is C34H27N3O8S. The maximum Gasteiger partial charge on any atom is 0.338 e. The van der Waals surface area contributed by atoms with E-state index in [1.807, 2.05) is 30.3 Å². The van der Waals surface area contributed by atoms with E-state index in [2.05, 4.69) is 0 Å². The molecule has 0 saturated heterocycles. The summed E-state index contributed by atoms with van der Waals surface area (Å²) >= 11 is 1.15. The largest absolute Gasteiger partial charge is 0.493 e. The predicted molar refractivity (Wildman–Crippen MR) is 171 cm³/mol. The third-order valence-corrected chi connectivity index (χ3v) is 8.32. The number of hydrogen-bond donors (Lipinski definition) is 0. The summed E-state index contributed by atoms with van der Waals surface area (Å²) in [7, 11) is 3.03. The van der Waals surface area contributed by atoms with Gasteiger partial charge in [0.15, 0.2) is 16.3 Å². The van der Waals surface area contributed by atoms with Gasteiger partial charge in [0.1, 0.15) is 11.5 Å². The number of methoxy groups -OCH3 is 2. The molecule has 0 fully saturated rings. The van der Waals surface area contributed by atoms with Crippen molar-refractivity contribution in [3.8, 4) is 22.8 Å². The van der Waals surface area contributed by atoms with Crippen molar-refractivity contribution in [1.82, 2.24) is 4.57 Å². The van der Waals surface area contributed by atoms with Gasteiger partial charge in [0, 0.05) is 29.3 Å². The Morgan fingerprint density at radius 2 is 1.76 bits per heavy atom. The number of carbonyl (C=O) groups excluding carboxylic acids is 1. The molecule has 3 aromatic carbocycles. The number of benzene rings is 3. The highest BCUT2D eigenvalue weighted by molar-refractivity contribution is 7.07. The molecule has 46 heavy (non-hydrogen) atoms. The van der Waals surface area contributed by atoms with Gasteiger partial charge in [-0.2, -0.15) is 0 Å². The van der Waals surface area contributed by atoms with E-state index in [4.69, 9.17) is 23.6 Å². The molecule has 0 spiro atoms. The first-order valence-electron chi connectivity index (χ1n) is 14.2. The lowest BCUT2D eigenvalue weighted by molar-refractivity contribution is -0.384. The number of nitro groups is 1. The normalized spacial score (nSPS) is 14.4. The van der Waals surface area contributed by atoms with Crippen molar-refractivity contribution in [2.75, 3.05) is 20.8 Å². The smallest absolute Gasteiger partial charge is 0.338 e. The van der Waals surface area contributed by atoms with Gasteiger partial charge in [0.2, 0.25) is 0 Å². The number of ether oxygens (including phenoxy) is 3. The van der Waals surface area contributed by atoms with Gasteiger partial charge in [-0.3, -0.25) is 19.5 Å². The minimum Gasteiger partial charge on any atom is -0.493 e. The fraction of sp³-hybridized carbons (Fsp3) is 0.147. The van der Waals surface area contributed by atoms with Crippen LogP contribution in [0.2, 0.25) is 0 Å². The highest BCUT2D eigenvalue weighted by Crippen LogP contribution is 2.38. The molecule has 0 amide bonds. The van der Waals surface area contributed by atoms with Gasteiger partial charge < -0.3 is 18.6 Å². The van der Waals surface area contributed by atoms with E-state index < -0.39 is 22.5 Å². The van der Waals surface area contributed by atoms with Crippen molar-refractivity contribution in [1.29, 1.82) is 0 Å². The van der Waals surface area contributed by atoms with E-state index in [1.54, 1.807) is 55.5 Å². The lowest BCUT2D eigenvalue weighted by atomic mass is 9.93. The highest BCUT2D eigenvalue weighted by Gasteiger charge is 2.35. The Hall–Kier alpha value is -5.75. The molecule has 3 heterocycles. The summed E-state index contributed by atoms with van der Waals surface area (Å²) in [5.74, 6) is 1.07. The fourth-order valence-corrected chi connectivity index (χ4v) is 6.25. The molecule has 0 N–H and O–H groups in total. The molecule has 1 unspecified atom stereocenters. The Morgan fingerprint density at radius 1 is 1.00 bits per heavy atom. The van der Waals surface area contributed by atoms with Crippen LogP contribution in [0.15, 0.2) is 105 Å². The first kappa shape index (κ1) is 30.3. The average molecular weight is 638 g/mol. The number of aromatic nitrogens is 1. The molecule has 11 nitrogen and oxygen atoms in total. The number of nitrogens with zero attached hydrogens (tertiary/aromatic N) is 3. The van der Waals surface area contributed by atoms with Crippen molar-refractivity contribution >= 4 is 34.8 Å². The number of rotatable bonds is 9. The second kappa shape index (κ2) is 12.7. The number of esters is 1. The van der Waals surface area contributed by atoms with Gasteiger partial charge in [0.25, 0.3) is 11.2 Å². The van der Waals surface area contributed by atoms with Crippen LogP contribution in [0.3, 0.4) is 0 Å². The second-order valence-electron chi connectivity index (χ2n) is 10.1. The minimum absolute atomic E-state index is 0.0643. The minimum atomic E-state index is -0.913. The average Bonchev–Trinajstić information content (AvgIpc) is 3.68. The molecule has 2 aromatic heterocycles. The molecule has 5 aromatic rings. The maximum atomic E-state index is 14.2. The van der Waals surface area contributed by atoms with Gasteiger partial charge in [-0.1, -0.05) is 59.9 Å². The molecule has 0 saturated carbocycles. The third kappa shape index (κ3) is 5.61. The van der Waals surface area contributed by atoms with Crippen LogP contribution >= 0.6 is 11.3 Å². The first-order valence-corrected chi connectivity index (χ1v) is 15.0. The Balaban J connectivity index is 1.56. The van der Waals surface area contributed by atoms with E-state index in [0.29, 0.717) is 54.7 Å². The number of thiazole rings is 1. The van der Waals surface area contributed by atoms with E-state index in [1.165, 1.54) is 30.9 Å². The van der Waals surface area contributed by atoms with E-state index >= 15 is 0 Å². The zero-order chi connectivity index (χ0) is 32.4. The standard InChI is InChI=1S/C34H27N3O8S/c1-4-44-33(39)29-30(20-9-6-5-7-10-20)35-34-36(31(29)22-13-15-26(42-2)27(18-22)43-3)32(38)28(46-34)19-24-14-16-25(45-24)21-11-8-12-23(17-21)37(40)41/h5-19,31H,4H2,1-3H3/b28-19-. The highest BCUT2D eigenvalue weighted by atomic mass is 32.1. The number of carbonyl (C=O) groups is 1. The first-order chi connectivity index (χ1) is 22.3. The second-order valence-corrected chi connectivity index (χ2v) is 11.1. The molecule has 1 atom stereocenters. The van der Waals surface area contributed by atoms with Crippen LogP contribution in [0.4, 0.5) is 5.69 Å². The van der Waals surface area contributed by atoms with Crippen LogP contribution in [-0.4, -0.2) is 36.3 Å². The summed E-state index contributed by atoms with van der Waals surface area (Å²) in [4.78, 5) is 43.9. The van der Waals surface area contributed by atoms with Crippen molar-refractivity contribution < 1.29 is 28.3 Å². The number of hydrogen-bond acceptors (Lipinski definition) is 10. The lowest BCUT2D eigenvalue weighted by Crippen LogP contribution is -2.40. The zero-order valence-electron chi connectivity index (χ0n) is 25.0. The lowest BCUT2D eigenvalue weighted by Gasteiger charge is -2.26. The Bertz CT molecular complexity index is 2180. The summed E-state index contributed by atoms with van der Waals surface area (Å²) in [6.45, 7) is 1.84. The molecule has 6 rings (SSSR count). The van der Waals surface area contributed by atoms with Crippen molar-refractivity contribution in [2.45, 2.75) is 13.0 Å². The molecule has 12 heteroatoms. The van der Waals surface area contributed by atoms with Crippen LogP contribution < -0.4 is 24.4 Å². The zero-order valence-corrected chi connectivity index (χ0v) is 25.8. The molecule has 232 valence electrons. The van der Waals surface area contributed by atoms with E-state index in [0.717, 1.165) is 11.3 Å². The van der Waals surface area contributed by atoms with Crippen LogP contribution in [0.5, 0.6) is 11.5 Å². The van der Waals surface area contributed by atoms with Crippen molar-refractivity contribution in [2.24, 2.45) is 4.99 Å². The number of non-ortho nitro benzene ring substituents is 1. The third-order valence-electron chi connectivity index (χ3n) is 7.34. The van der Waals surface area contributed by atoms with E-state index in [-0.39, 0.29) is 17.9 Å². The molecule has 1 aliphatic rings. The summed E-state index contributed by atoms with van der Waals surface area (Å²) in [5, 5.41) is 11.3. The molecule has 0 bridgehead atoms. The molecule has 0 aliphatic carbocycles. The monoisotopic (exact) mass is 637 g/mol. The number of furan rings is 1. The van der Waals surface area contributed by atoms with Gasteiger partial charge >= 0.3 is 5.97 Å². The van der Waals surface area contributed by atoms with Crippen LogP contribution in [0.25, 0.3) is 23.1 Å². The fourth-order valence-electron chi connectivity index (χ4n) is 5.27. The Labute approximate surface area is 266 Å². The van der Waals surface area contributed by atoms with Gasteiger partial charge in [-0.15, -0.1) is 0 Å². The summed E-state index contributed by atoms with van der Waals surface area (Å²) in [6.07, 6.45) is 1.59. The van der Waals surface area contributed by atoms with Crippen molar-refractivity contribution in [3.63, 3.8) is 0 Å². The molecular weight excluding hydrogens is 610 g/mol. The topological polar surface area (TPSA) is 135 Å². The van der Waals surface area contributed by atoms with Gasteiger partial charge in [-0.25, -0.2) is 9.79 Å². The summed E-state index contributed by atoms with van der Waals surface area (Å²) in [6, 6.07) is 23.0.